The minimum absolute atomic E-state index is 0.386. The zero-order valence-corrected chi connectivity index (χ0v) is 10.7. The fourth-order valence-electron chi connectivity index (χ4n) is 2.29. The molecule has 1 aliphatic carbocycles. The number of pyridine rings is 1. The Balaban J connectivity index is 1.87. The quantitative estimate of drug-likeness (QED) is 0.845. The molecule has 0 unspecified atom stereocenters. The lowest BCUT2D eigenvalue weighted by molar-refractivity contribution is -0.0145. The second kappa shape index (κ2) is 4.65. The van der Waals surface area contributed by atoms with Crippen molar-refractivity contribution in [1.82, 2.24) is 4.98 Å². The third-order valence-corrected chi connectivity index (χ3v) is 3.80. The Hall–Kier alpha value is -1.09. The predicted molar refractivity (Wildman–Crippen MR) is 69.9 cm³/mol. The van der Waals surface area contributed by atoms with Crippen molar-refractivity contribution in [2.45, 2.75) is 45.1 Å². The van der Waals surface area contributed by atoms with Gasteiger partial charge in [-0.1, -0.05) is 19.9 Å². The minimum Gasteiger partial charge on any atom is -0.388 e. The average molecular weight is 234 g/mol. The zero-order valence-electron chi connectivity index (χ0n) is 10.7. The summed E-state index contributed by atoms with van der Waals surface area (Å²) >= 11 is 0. The number of nitrogens with one attached hydrogen (secondary N) is 1. The lowest BCUT2D eigenvalue weighted by atomic mass is 9.71. The second-order valence-electron chi connectivity index (χ2n) is 5.96. The van der Waals surface area contributed by atoms with Gasteiger partial charge < -0.3 is 10.4 Å². The van der Waals surface area contributed by atoms with Crippen LogP contribution in [0.1, 0.15) is 39.5 Å². The fraction of sp³-hybridized carbons (Fsp3) is 0.643. The van der Waals surface area contributed by atoms with Gasteiger partial charge in [0, 0.05) is 12.7 Å². The van der Waals surface area contributed by atoms with Crippen molar-refractivity contribution in [3.63, 3.8) is 0 Å². The number of nitrogens with zero attached hydrogens (tertiary/aromatic N) is 1. The van der Waals surface area contributed by atoms with Gasteiger partial charge in [-0.3, -0.25) is 0 Å². The van der Waals surface area contributed by atoms with Gasteiger partial charge in [0.25, 0.3) is 0 Å². The van der Waals surface area contributed by atoms with E-state index in [1.54, 1.807) is 6.20 Å². The standard InChI is InChI=1S/C14H22N2O/c1-13(2)6-8-14(17,9-7-13)11-16-12-5-3-4-10-15-12/h3-5,10,17H,6-9,11H2,1-2H3,(H,15,16). The maximum Gasteiger partial charge on any atom is 0.125 e. The number of hydrogen-bond donors (Lipinski definition) is 2. The van der Waals surface area contributed by atoms with Crippen LogP contribution >= 0.6 is 0 Å². The van der Waals surface area contributed by atoms with Crippen LogP contribution in [0, 0.1) is 5.41 Å². The third-order valence-electron chi connectivity index (χ3n) is 3.80. The summed E-state index contributed by atoms with van der Waals surface area (Å²) in [5, 5.41) is 13.7. The maximum atomic E-state index is 10.5. The second-order valence-corrected chi connectivity index (χ2v) is 5.96. The number of anilines is 1. The van der Waals surface area contributed by atoms with E-state index in [0.717, 1.165) is 31.5 Å². The molecule has 2 rings (SSSR count). The van der Waals surface area contributed by atoms with E-state index in [0.29, 0.717) is 12.0 Å². The first-order chi connectivity index (χ1) is 7.99. The van der Waals surface area contributed by atoms with E-state index in [1.165, 1.54) is 0 Å². The highest BCUT2D eigenvalue weighted by Gasteiger charge is 2.36. The Morgan fingerprint density at radius 1 is 1.24 bits per heavy atom. The third kappa shape index (κ3) is 3.43. The molecule has 1 aromatic rings. The molecular formula is C14H22N2O. The number of rotatable bonds is 3. The van der Waals surface area contributed by atoms with Gasteiger partial charge in [0.05, 0.1) is 5.60 Å². The molecule has 0 spiro atoms. The van der Waals surface area contributed by atoms with E-state index < -0.39 is 5.60 Å². The average Bonchev–Trinajstić information content (AvgIpc) is 2.33. The summed E-state index contributed by atoms with van der Waals surface area (Å²) in [5.74, 6) is 0.839. The van der Waals surface area contributed by atoms with Crippen LogP contribution in [0.3, 0.4) is 0 Å². The van der Waals surface area contributed by atoms with Gasteiger partial charge in [-0.2, -0.15) is 0 Å². The van der Waals surface area contributed by atoms with Crippen molar-refractivity contribution in [2.24, 2.45) is 5.41 Å². The smallest absolute Gasteiger partial charge is 0.125 e. The Morgan fingerprint density at radius 2 is 1.94 bits per heavy atom. The largest absolute Gasteiger partial charge is 0.388 e. The first-order valence-electron chi connectivity index (χ1n) is 6.37. The molecule has 1 aliphatic rings. The lowest BCUT2D eigenvalue weighted by Gasteiger charge is -2.40. The van der Waals surface area contributed by atoms with E-state index in [1.807, 2.05) is 18.2 Å². The monoisotopic (exact) mass is 234 g/mol. The van der Waals surface area contributed by atoms with Gasteiger partial charge in [0.15, 0.2) is 0 Å². The molecule has 1 fully saturated rings. The molecule has 3 heteroatoms. The molecule has 2 N–H and O–H groups in total. The molecular weight excluding hydrogens is 212 g/mol. The molecule has 0 radical (unpaired) electrons. The SMILES string of the molecule is CC1(C)CCC(O)(CNc2ccccn2)CC1. The highest BCUT2D eigenvalue weighted by molar-refractivity contribution is 5.33. The summed E-state index contributed by atoms with van der Waals surface area (Å²) in [5.41, 5.74) is -0.176. The summed E-state index contributed by atoms with van der Waals surface area (Å²) in [6.45, 7) is 5.15. The molecule has 0 atom stereocenters. The molecule has 0 aliphatic heterocycles. The molecule has 0 bridgehead atoms. The first-order valence-corrected chi connectivity index (χ1v) is 6.37. The van der Waals surface area contributed by atoms with E-state index in [4.69, 9.17) is 0 Å². The molecule has 0 aromatic carbocycles. The van der Waals surface area contributed by atoms with Crippen LogP contribution in [0.2, 0.25) is 0 Å². The molecule has 17 heavy (non-hydrogen) atoms. The summed E-state index contributed by atoms with van der Waals surface area (Å²) in [6.07, 6.45) is 5.69. The summed E-state index contributed by atoms with van der Waals surface area (Å²) in [4.78, 5) is 4.20. The van der Waals surface area contributed by atoms with Crippen molar-refractivity contribution >= 4 is 5.82 Å². The molecule has 1 saturated carbocycles. The Kier molecular flexibility index (Phi) is 3.38. The van der Waals surface area contributed by atoms with Gasteiger partial charge >= 0.3 is 0 Å². The molecule has 0 amide bonds. The first kappa shape index (κ1) is 12.4. The Morgan fingerprint density at radius 3 is 2.53 bits per heavy atom. The Bertz CT molecular complexity index is 352. The summed E-state index contributed by atoms with van der Waals surface area (Å²) < 4.78 is 0. The Labute approximate surface area is 103 Å². The molecule has 0 saturated heterocycles. The lowest BCUT2D eigenvalue weighted by Crippen LogP contribution is -2.42. The van der Waals surface area contributed by atoms with Gasteiger partial charge in [0.1, 0.15) is 5.82 Å². The zero-order chi connectivity index (χ0) is 12.4. The van der Waals surface area contributed by atoms with Crippen LogP contribution in [0.25, 0.3) is 0 Å². The van der Waals surface area contributed by atoms with Crippen LogP contribution < -0.4 is 5.32 Å². The van der Waals surface area contributed by atoms with Gasteiger partial charge in [-0.15, -0.1) is 0 Å². The van der Waals surface area contributed by atoms with E-state index in [-0.39, 0.29) is 0 Å². The molecule has 3 nitrogen and oxygen atoms in total. The number of aromatic nitrogens is 1. The molecule has 94 valence electrons. The van der Waals surface area contributed by atoms with Crippen LogP contribution in [-0.2, 0) is 0 Å². The highest BCUT2D eigenvalue weighted by atomic mass is 16.3. The molecule has 1 aromatic heterocycles. The number of aliphatic hydroxyl groups is 1. The van der Waals surface area contributed by atoms with Crippen LogP contribution in [0.5, 0.6) is 0 Å². The van der Waals surface area contributed by atoms with Gasteiger partial charge in [-0.25, -0.2) is 4.98 Å². The summed E-state index contributed by atoms with van der Waals surface area (Å²) in [7, 11) is 0. The fourth-order valence-corrected chi connectivity index (χ4v) is 2.29. The van der Waals surface area contributed by atoms with E-state index in [9.17, 15) is 5.11 Å². The minimum atomic E-state index is -0.562. The van der Waals surface area contributed by atoms with Crippen molar-refractivity contribution in [1.29, 1.82) is 0 Å². The predicted octanol–water partition coefficient (Wildman–Crippen LogP) is 2.82. The van der Waals surface area contributed by atoms with Crippen molar-refractivity contribution in [3.8, 4) is 0 Å². The topological polar surface area (TPSA) is 45.1 Å². The van der Waals surface area contributed by atoms with Gasteiger partial charge in [0.2, 0.25) is 0 Å². The molecule has 1 heterocycles. The number of hydrogen-bond acceptors (Lipinski definition) is 3. The maximum absolute atomic E-state index is 10.5. The van der Waals surface area contributed by atoms with Gasteiger partial charge in [-0.05, 0) is 43.2 Å². The summed E-state index contributed by atoms with van der Waals surface area (Å²) in [6, 6.07) is 5.77. The van der Waals surface area contributed by atoms with E-state index in [2.05, 4.69) is 24.1 Å². The van der Waals surface area contributed by atoms with Crippen LogP contribution in [0.15, 0.2) is 24.4 Å². The normalized spacial score (nSPS) is 22.1. The van der Waals surface area contributed by atoms with Crippen LogP contribution in [-0.4, -0.2) is 22.2 Å². The van der Waals surface area contributed by atoms with Crippen molar-refractivity contribution in [2.75, 3.05) is 11.9 Å². The van der Waals surface area contributed by atoms with E-state index >= 15 is 0 Å². The van der Waals surface area contributed by atoms with Crippen LogP contribution in [0.4, 0.5) is 5.82 Å². The van der Waals surface area contributed by atoms with Crippen molar-refractivity contribution < 1.29 is 5.11 Å². The highest BCUT2D eigenvalue weighted by Crippen LogP contribution is 2.40. The van der Waals surface area contributed by atoms with Crippen molar-refractivity contribution in [3.05, 3.63) is 24.4 Å².